The number of hydrogen-bond acceptors (Lipinski definition) is 5. The van der Waals surface area contributed by atoms with E-state index in [9.17, 15) is 9.18 Å². The quantitative estimate of drug-likeness (QED) is 0.530. The Bertz CT molecular complexity index is 1120. The number of anilines is 3. The summed E-state index contributed by atoms with van der Waals surface area (Å²) in [6.07, 6.45) is 1.58. The van der Waals surface area contributed by atoms with Crippen LogP contribution in [0.15, 0.2) is 60.8 Å². The molecular formula is C25H27ClFN5O. The van der Waals surface area contributed by atoms with Crippen LogP contribution >= 0.6 is 11.6 Å². The van der Waals surface area contributed by atoms with E-state index in [0.717, 1.165) is 36.4 Å². The van der Waals surface area contributed by atoms with E-state index in [1.54, 1.807) is 19.2 Å². The number of aromatic nitrogens is 1. The lowest BCUT2D eigenvalue weighted by atomic mass is 10.0. The van der Waals surface area contributed by atoms with Crippen LogP contribution in [0.2, 0.25) is 5.02 Å². The van der Waals surface area contributed by atoms with Gasteiger partial charge < -0.3 is 20.4 Å². The van der Waals surface area contributed by atoms with Gasteiger partial charge in [-0.3, -0.25) is 4.79 Å². The van der Waals surface area contributed by atoms with Crippen LogP contribution < -0.4 is 10.6 Å². The van der Waals surface area contributed by atoms with Crippen LogP contribution in [-0.2, 0) is 11.3 Å². The summed E-state index contributed by atoms with van der Waals surface area (Å²) in [7, 11) is 2.08. The summed E-state index contributed by atoms with van der Waals surface area (Å²) in [6.45, 7) is 4.49. The molecule has 3 aromatic rings. The maximum atomic E-state index is 13.4. The number of carbonyl (C=O) groups is 1. The van der Waals surface area contributed by atoms with Crippen LogP contribution in [0, 0.1) is 5.82 Å². The van der Waals surface area contributed by atoms with E-state index in [2.05, 4.69) is 27.6 Å². The van der Waals surface area contributed by atoms with Crippen LogP contribution in [-0.4, -0.2) is 47.4 Å². The van der Waals surface area contributed by atoms with Gasteiger partial charge in [0.15, 0.2) is 0 Å². The molecule has 2 N–H and O–H groups in total. The minimum atomic E-state index is -0.271. The second-order valence-electron chi connectivity index (χ2n) is 8.27. The number of likely N-dealkylation sites (N-methyl/N-ethyl adjacent to an activating group) is 1. The fourth-order valence-electron chi connectivity index (χ4n) is 4.00. The smallest absolute Gasteiger partial charge is 0.220 e. The zero-order chi connectivity index (χ0) is 23.4. The van der Waals surface area contributed by atoms with Crippen LogP contribution in [0.25, 0.3) is 0 Å². The fraction of sp³-hybridized carbons (Fsp3) is 0.280. The number of pyridine rings is 1. The van der Waals surface area contributed by atoms with E-state index in [1.807, 2.05) is 41.3 Å². The van der Waals surface area contributed by atoms with Gasteiger partial charge in [-0.1, -0.05) is 35.9 Å². The van der Waals surface area contributed by atoms with E-state index in [4.69, 9.17) is 11.6 Å². The van der Waals surface area contributed by atoms with Gasteiger partial charge in [0.1, 0.15) is 11.6 Å². The number of halogens is 2. The maximum Gasteiger partial charge on any atom is 0.220 e. The normalized spacial score (nSPS) is 16.5. The van der Waals surface area contributed by atoms with Crippen molar-refractivity contribution in [3.8, 4) is 0 Å². The second-order valence-corrected chi connectivity index (χ2v) is 8.68. The molecule has 0 bridgehead atoms. The molecule has 1 saturated heterocycles. The predicted molar refractivity (Wildman–Crippen MR) is 130 cm³/mol. The number of nitrogens with one attached hydrogen (secondary N) is 2. The molecule has 0 aliphatic carbocycles. The molecule has 1 aromatic heterocycles. The summed E-state index contributed by atoms with van der Waals surface area (Å²) in [4.78, 5) is 20.6. The molecule has 0 saturated carbocycles. The summed E-state index contributed by atoms with van der Waals surface area (Å²) in [5.41, 5.74) is 3.50. The summed E-state index contributed by atoms with van der Waals surface area (Å²) >= 11 is 6.29. The zero-order valence-electron chi connectivity index (χ0n) is 18.7. The van der Waals surface area contributed by atoms with Gasteiger partial charge in [0.05, 0.1) is 22.9 Å². The highest BCUT2D eigenvalue weighted by Crippen LogP contribution is 2.29. The Balaban J connectivity index is 1.44. The van der Waals surface area contributed by atoms with Gasteiger partial charge in [-0.15, -0.1) is 0 Å². The highest BCUT2D eigenvalue weighted by atomic mass is 35.5. The Morgan fingerprint density at radius 3 is 2.70 bits per heavy atom. The molecule has 1 aliphatic rings. The molecule has 1 amide bonds. The molecule has 1 aliphatic heterocycles. The van der Waals surface area contributed by atoms with Crippen molar-refractivity contribution >= 4 is 34.7 Å². The average Bonchev–Trinajstić information content (AvgIpc) is 2.80. The van der Waals surface area contributed by atoms with Gasteiger partial charge in [-0.2, -0.15) is 0 Å². The molecule has 0 spiro atoms. The van der Waals surface area contributed by atoms with Crippen molar-refractivity contribution in [2.75, 3.05) is 37.3 Å². The molecule has 1 fully saturated rings. The number of hydrogen-bond donors (Lipinski definition) is 2. The molecule has 33 heavy (non-hydrogen) atoms. The first kappa shape index (κ1) is 23.0. The third-order valence-electron chi connectivity index (χ3n) is 5.78. The monoisotopic (exact) mass is 467 g/mol. The molecular weight excluding hydrogens is 441 g/mol. The number of rotatable bonds is 6. The highest BCUT2D eigenvalue weighted by molar-refractivity contribution is 6.33. The standard InChI is InChI=1S/C25H27ClFN5O/c1-17(33)32-11-10-31(2)16-24(32)19-6-8-21(9-7-19)30-25-13-23(22(26)15-29-25)28-14-18-4-3-5-20(27)12-18/h3-9,12-13,15,24H,10-11,14,16H2,1-2H3,(H2,28,29,30). The molecule has 2 heterocycles. The van der Waals surface area contributed by atoms with Gasteiger partial charge in [0.25, 0.3) is 0 Å². The molecule has 0 radical (unpaired) electrons. The molecule has 6 nitrogen and oxygen atoms in total. The molecule has 4 rings (SSSR count). The number of benzene rings is 2. The number of amides is 1. The lowest BCUT2D eigenvalue weighted by Gasteiger charge is -2.39. The number of piperazine rings is 1. The first-order valence-corrected chi connectivity index (χ1v) is 11.2. The Kier molecular flexibility index (Phi) is 7.11. The first-order chi connectivity index (χ1) is 15.9. The van der Waals surface area contributed by atoms with Crippen molar-refractivity contribution in [3.05, 3.63) is 82.8 Å². The third-order valence-corrected chi connectivity index (χ3v) is 6.08. The Morgan fingerprint density at radius 2 is 1.97 bits per heavy atom. The van der Waals surface area contributed by atoms with Crippen molar-refractivity contribution in [3.63, 3.8) is 0 Å². The van der Waals surface area contributed by atoms with Gasteiger partial charge >= 0.3 is 0 Å². The summed E-state index contributed by atoms with van der Waals surface area (Å²) in [5.74, 6) is 0.461. The largest absolute Gasteiger partial charge is 0.380 e. The van der Waals surface area contributed by atoms with Crippen molar-refractivity contribution in [2.45, 2.75) is 19.5 Å². The van der Waals surface area contributed by atoms with Crippen LogP contribution in [0.5, 0.6) is 0 Å². The SMILES string of the molecule is CC(=O)N1CCN(C)CC1c1ccc(Nc2cc(NCc3cccc(F)c3)c(Cl)cn2)cc1. The number of carbonyl (C=O) groups excluding carboxylic acids is 1. The van der Waals surface area contributed by atoms with Gasteiger partial charge in [-0.05, 0) is 42.4 Å². The minimum absolute atomic E-state index is 0.0441. The van der Waals surface area contributed by atoms with Crippen LogP contribution in [0.1, 0.15) is 24.1 Å². The minimum Gasteiger partial charge on any atom is -0.380 e. The first-order valence-electron chi connectivity index (χ1n) is 10.9. The van der Waals surface area contributed by atoms with Crippen LogP contribution in [0.4, 0.5) is 21.6 Å². The fourth-order valence-corrected chi connectivity index (χ4v) is 4.17. The third kappa shape index (κ3) is 5.80. The van der Waals surface area contributed by atoms with E-state index in [-0.39, 0.29) is 17.8 Å². The molecule has 2 aromatic carbocycles. The van der Waals surface area contributed by atoms with Crippen molar-refractivity contribution < 1.29 is 9.18 Å². The topological polar surface area (TPSA) is 60.5 Å². The van der Waals surface area contributed by atoms with Gasteiger partial charge in [0, 0.05) is 44.9 Å². The van der Waals surface area contributed by atoms with Gasteiger partial charge in [0.2, 0.25) is 5.91 Å². The summed E-state index contributed by atoms with van der Waals surface area (Å²) in [6, 6.07) is 16.4. The maximum absolute atomic E-state index is 13.4. The van der Waals surface area contributed by atoms with Gasteiger partial charge in [-0.25, -0.2) is 9.37 Å². The van der Waals surface area contributed by atoms with E-state index < -0.39 is 0 Å². The molecule has 8 heteroatoms. The van der Waals surface area contributed by atoms with Crippen LogP contribution in [0.3, 0.4) is 0 Å². The summed E-state index contributed by atoms with van der Waals surface area (Å²) in [5, 5.41) is 7.01. The summed E-state index contributed by atoms with van der Waals surface area (Å²) < 4.78 is 13.4. The lowest BCUT2D eigenvalue weighted by Crippen LogP contribution is -2.48. The number of nitrogens with zero attached hydrogens (tertiary/aromatic N) is 3. The van der Waals surface area contributed by atoms with Crippen molar-refractivity contribution in [2.24, 2.45) is 0 Å². The highest BCUT2D eigenvalue weighted by Gasteiger charge is 2.28. The average molecular weight is 468 g/mol. The van der Waals surface area contributed by atoms with E-state index >= 15 is 0 Å². The predicted octanol–water partition coefficient (Wildman–Crippen LogP) is 5.06. The van der Waals surface area contributed by atoms with Crippen molar-refractivity contribution in [1.29, 1.82) is 0 Å². The lowest BCUT2D eigenvalue weighted by molar-refractivity contribution is -0.133. The molecule has 1 unspecified atom stereocenters. The Hall–Kier alpha value is -3.16. The Labute approximate surface area is 198 Å². The van der Waals surface area contributed by atoms with E-state index in [1.165, 1.54) is 12.1 Å². The molecule has 1 atom stereocenters. The molecule has 172 valence electrons. The van der Waals surface area contributed by atoms with Crippen molar-refractivity contribution in [1.82, 2.24) is 14.8 Å². The Morgan fingerprint density at radius 1 is 1.18 bits per heavy atom. The zero-order valence-corrected chi connectivity index (χ0v) is 19.4. The van der Waals surface area contributed by atoms with E-state index in [0.29, 0.717) is 23.1 Å². The second kappa shape index (κ2) is 10.2.